The van der Waals surface area contributed by atoms with Crippen molar-refractivity contribution < 1.29 is 23.0 Å². The van der Waals surface area contributed by atoms with Crippen LogP contribution in [0.5, 0.6) is 5.75 Å². The summed E-state index contributed by atoms with van der Waals surface area (Å²) in [6.07, 6.45) is -2.58. The second kappa shape index (κ2) is 5.61. The first-order chi connectivity index (χ1) is 10.5. The molecule has 6 heteroatoms. The zero-order valence-electron chi connectivity index (χ0n) is 11.6. The van der Waals surface area contributed by atoms with Crippen LogP contribution in [0.25, 0.3) is 11.3 Å². The minimum atomic E-state index is -4.69. The van der Waals surface area contributed by atoms with Crippen LogP contribution in [0.4, 0.5) is 13.2 Å². The van der Waals surface area contributed by atoms with Gasteiger partial charge in [0.25, 0.3) is 0 Å². The maximum atomic E-state index is 12.1. The van der Waals surface area contributed by atoms with Crippen LogP contribution in [0, 0.1) is 0 Å². The van der Waals surface area contributed by atoms with Crippen molar-refractivity contribution in [2.45, 2.75) is 31.7 Å². The molecule has 0 unspecified atom stereocenters. The molecule has 1 heterocycles. The first-order valence-corrected chi connectivity index (χ1v) is 6.93. The Morgan fingerprint density at radius 1 is 1.09 bits per heavy atom. The van der Waals surface area contributed by atoms with E-state index in [0.717, 1.165) is 24.1 Å². The summed E-state index contributed by atoms with van der Waals surface area (Å²) in [4.78, 5) is 4.56. The third kappa shape index (κ3) is 3.39. The molecule has 3 nitrogen and oxygen atoms in total. The van der Waals surface area contributed by atoms with Crippen LogP contribution in [-0.2, 0) is 6.61 Å². The van der Waals surface area contributed by atoms with Crippen LogP contribution in [0.1, 0.15) is 30.0 Å². The van der Waals surface area contributed by atoms with Gasteiger partial charge in [-0.15, -0.1) is 13.2 Å². The Morgan fingerprint density at radius 2 is 1.77 bits per heavy atom. The van der Waals surface area contributed by atoms with Gasteiger partial charge in [0.05, 0.1) is 12.3 Å². The van der Waals surface area contributed by atoms with Crippen LogP contribution in [0.2, 0.25) is 0 Å². The molecular weight excluding hydrogens is 295 g/mol. The zero-order chi connectivity index (χ0) is 15.7. The standard InChI is InChI=1S/C16H14F3NO2/c17-16(18,19)22-13-6-3-10(4-7-13)14-8-5-12(9-21)15(20-14)11-1-2-11/h3-8,11,21H,1-2,9H2. The molecule has 22 heavy (non-hydrogen) atoms. The predicted octanol–water partition coefficient (Wildman–Crippen LogP) is 4.02. The van der Waals surface area contributed by atoms with Gasteiger partial charge < -0.3 is 9.84 Å². The number of ether oxygens (including phenoxy) is 1. The highest BCUT2D eigenvalue weighted by molar-refractivity contribution is 5.61. The Hall–Kier alpha value is -2.08. The van der Waals surface area contributed by atoms with Gasteiger partial charge in [0, 0.05) is 17.2 Å². The fraction of sp³-hybridized carbons (Fsp3) is 0.312. The highest BCUT2D eigenvalue weighted by Crippen LogP contribution is 2.41. The summed E-state index contributed by atoms with van der Waals surface area (Å²) in [7, 11) is 0. The van der Waals surface area contributed by atoms with Crippen LogP contribution in [0.15, 0.2) is 36.4 Å². The van der Waals surface area contributed by atoms with Crippen molar-refractivity contribution in [3.05, 3.63) is 47.7 Å². The molecule has 116 valence electrons. The molecule has 3 rings (SSSR count). The van der Waals surface area contributed by atoms with Crippen molar-refractivity contribution in [2.24, 2.45) is 0 Å². The van der Waals surface area contributed by atoms with E-state index >= 15 is 0 Å². The van der Waals surface area contributed by atoms with Crippen molar-refractivity contribution in [3.63, 3.8) is 0 Å². The average molecular weight is 309 g/mol. The summed E-state index contributed by atoms with van der Waals surface area (Å²) < 4.78 is 40.3. The van der Waals surface area contributed by atoms with Crippen molar-refractivity contribution in [1.29, 1.82) is 0 Å². The molecular formula is C16H14F3NO2. The summed E-state index contributed by atoms with van der Waals surface area (Å²) in [6.45, 7) is -0.0581. The van der Waals surface area contributed by atoms with Crippen LogP contribution in [-0.4, -0.2) is 16.5 Å². The lowest BCUT2D eigenvalue weighted by molar-refractivity contribution is -0.274. The minimum absolute atomic E-state index is 0.0581. The number of rotatable bonds is 4. The molecule has 1 saturated carbocycles. The van der Waals surface area contributed by atoms with Crippen molar-refractivity contribution in [2.75, 3.05) is 0 Å². The van der Waals surface area contributed by atoms with E-state index in [-0.39, 0.29) is 12.4 Å². The van der Waals surface area contributed by atoms with Gasteiger partial charge in [-0.2, -0.15) is 0 Å². The van der Waals surface area contributed by atoms with Crippen LogP contribution < -0.4 is 4.74 Å². The normalized spacial score (nSPS) is 14.9. The Bertz CT molecular complexity index is 664. The summed E-state index contributed by atoms with van der Waals surface area (Å²) in [5.41, 5.74) is 3.08. The van der Waals surface area contributed by atoms with Gasteiger partial charge in [0.2, 0.25) is 0 Å². The van der Waals surface area contributed by atoms with Gasteiger partial charge in [-0.1, -0.05) is 6.07 Å². The number of hydrogen-bond donors (Lipinski definition) is 1. The summed E-state index contributed by atoms with van der Waals surface area (Å²) >= 11 is 0. The molecule has 0 bridgehead atoms. The largest absolute Gasteiger partial charge is 0.573 e. The van der Waals surface area contributed by atoms with E-state index in [1.165, 1.54) is 12.1 Å². The first kappa shape index (κ1) is 14.8. The third-order valence-electron chi connectivity index (χ3n) is 3.53. The van der Waals surface area contributed by atoms with E-state index in [1.54, 1.807) is 18.2 Å². The van der Waals surface area contributed by atoms with E-state index in [4.69, 9.17) is 0 Å². The van der Waals surface area contributed by atoms with Crippen molar-refractivity contribution in [3.8, 4) is 17.0 Å². The topological polar surface area (TPSA) is 42.4 Å². The molecule has 0 aliphatic heterocycles. The van der Waals surface area contributed by atoms with Gasteiger partial charge >= 0.3 is 6.36 Å². The molecule has 0 saturated heterocycles. The molecule has 0 spiro atoms. The molecule has 0 radical (unpaired) electrons. The van der Waals surface area contributed by atoms with Crippen LogP contribution >= 0.6 is 0 Å². The number of aliphatic hydroxyl groups is 1. The Kier molecular flexibility index (Phi) is 3.78. The second-order valence-corrected chi connectivity index (χ2v) is 5.25. The molecule has 2 aromatic rings. The maximum Gasteiger partial charge on any atom is 0.573 e. The number of alkyl halides is 3. The van der Waals surface area contributed by atoms with E-state index in [0.29, 0.717) is 17.2 Å². The first-order valence-electron chi connectivity index (χ1n) is 6.93. The predicted molar refractivity (Wildman–Crippen MR) is 74.3 cm³/mol. The number of halogens is 3. The fourth-order valence-electron chi connectivity index (χ4n) is 2.34. The lowest BCUT2D eigenvalue weighted by atomic mass is 10.1. The van der Waals surface area contributed by atoms with E-state index in [2.05, 4.69) is 9.72 Å². The third-order valence-corrected chi connectivity index (χ3v) is 3.53. The van der Waals surface area contributed by atoms with E-state index in [9.17, 15) is 18.3 Å². The van der Waals surface area contributed by atoms with Gasteiger partial charge in [0.15, 0.2) is 0 Å². The van der Waals surface area contributed by atoms with Crippen LogP contribution in [0.3, 0.4) is 0 Å². The average Bonchev–Trinajstić information content (AvgIpc) is 3.30. The molecule has 1 aromatic heterocycles. The lowest BCUT2D eigenvalue weighted by Gasteiger charge is -2.11. The van der Waals surface area contributed by atoms with E-state index in [1.807, 2.05) is 6.07 Å². The molecule has 0 atom stereocenters. The lowest BCUT2D eigenvalue weighted by Crippen LogP contribution is -2.16. The van der Waals surface area contributed by atoms with Crippen molar-refractivity contribution in [1.82, 2.24) is 4.98 Å². The summed E-state index contributed by atoms with van der Waals surface area (Å²) in [5, 5.41) is 9.34. The SMILES string of the molecule is OCc1ccc(-c2ccc(OC(F)(F)F)cc2)nc1C1CC1. The van der Waals surface area contributed by atoms with Crippen molar-refractivity contribution >= 4 is 0 Å². The highest BCUT2D eigenvalue weighted by atomic mass is 19.4. The monoisotopic (exact) mass is 309 g/mol. The summed E-state index contributed by atoms with van der Waals surface area (Å²) in [5.74, 6) is 0.126. The number of aromatic nitrogens is 1. The number of nitrogens with zero attached hydrogens (tertiary/aromatic N) is 1. The highest BCUT2D eigenvalue weighted by Gasteiger charge is 2.31. The van der Waals surface area contributed by atoms with Gasteiger partial charge in [0.1, 0.15) is 5.75 Å². The number of aliphatic hydroxyl groups excluding tert-OH is 1. The quantitative estimate of drug-likeness (QED) is 0.927. The zero-order valence-corrected chi connectivity index (χ0v) is 11.6. The van der Waals surface area contributed by atoms with E-state index < -0.39 is 6.36 Å². The number of benzene rings is 1. The maximum absolute atomic E-state index is 12.1. The molecule has 1 aromatic carbocycles. The van der Waals surface area contributed by atoms with Gasteiger partial charge in [-0.3, -0.25) is 4.98 Å². The fourth-order valence-corrected chi connectivity index (χ4v) is 2.34. The molecule has 0 amide bonds. The number of hydrogen-bond acceptors (Lipinski definition) is 3. The molecule has 1 aliphatic carbocycles. The Morgan fingerprint density at radius 3 is 2.32 bits per heavy atom. The number of pyridine rings is 1. The van der Waals surface area contributed by atoms with Gasteiger partial charge in [-0.25, -0.2) is 0 Å². The minimum Gasteiger partial charge on any atom is -0.406 e. The van der Waals surface area contributed by atoms with Gasteiger partial charge in [-0.05, 0) is 48.7 Å². The Balaban J connectivity index is 1.86. The smallest absolute Gasteiger partial charge is 0.406 e. The summed E-state index contributed by atoms with van der Waals surface area (Å²) in [6, 6.07) is 9.19. The molecule has 1 N–H and O–H groups in total. The molecule has 1 aliphatic rings. The Labute approximate surface area is 125 Å². The second-order valence-electron chi connectivity index (χ2n) is 5.25. The molecule has 1 fully saturated rings.